The minimum absolute atomic E-state index is 0.433. The van der Waals surface area contributed by atoms with Crippen molar-refractivity contribution in [1.82, 2.24) is 14.9 Å². The highest BCUT2D eigenvalue weighted by Crippen LogP contribution is 2.19. The molecule has 120 valence electrons. The molecule has 1 atom stereocenters. The van der Waals surface area contributed by atoms with Crippen LogP contribution in [0, 0.1) is 0 Å². The monoisotopic (exact) mass is 312 g/mol. The molecule has 2 heterocycles. The number of rotatable bonds is 4. The zero-order valence-electron chi connectivity index (χ0n) is 13.1. The number of aromatic nitrogens is 2. The van der Waals surface area contributed by atoms with Crippen molar-refractivity contribution in [2.24, 2.45) is 5.73 Å². The van der Waals surface area contributed by atoms with Crippen LogP contribution < -0.4 is 5.73 Å². The van der Waals surface area contributed by atoms with Gasteiger partial charge in [0.05, 0.1) is 6.61 Å². The minimum atomic E-state index is -0.927. The standard InChI is InChI=1S/C17H20N4O2/c1-17(16(18)22)12-21(7-8-23-17)11-13-9-19-15(20-10-13)14-5-3-2-4-6-14/h2-6,9-10H,7-8,11-12H2,1H3,(H2,18,22). The van der Waals surface area contributed by atoms with Gasteiger partial charge in [0.25, 0.3) is 5.91 Å². The van der Waals surface area contributed by atoms with Crippen LogP contribution in [-0.4, -0.2) is 46.1 Å². The third-order valence-electron chi connectivity index (χ3n) is 4.02. The molecule has 6 heteroatoms. The van der Waals surface area contributed by atoms with E-state index in [9.17, 15) is 4.79 Å². The Bertz CT molecular complexity index is 675. The minimum Gasteiger partial charge on any atom is -0.367 e. The molecule has 0 bridgehead atoms. The molecular weight excluding hydrogens is 292 g/mol. The van der Waals surface area contributed by atoms with Crippen molar-refractivity contribution in [2.45, 2.75) is 19.1 Å². The maximum Gasteiger partial charge on any atom is 0.250 e. The summed E-state index contributed by atoms with van der Waals surface area (Å²) in [7, 11) is 0. The smallest absolute Gasteiger partial charge is 0.250 e. The number of nitrogens with two attached hydrogens (primary N) is 1. The van der Waals surface area contributed by atoms with Crippen molar-refractivity contribution in [3.8, 4) is 11.4 Å². The number of ether oxygens (including phenoxy) is 1. The van der Waals surface area contributed by atoms with E-state index in [-0.39, 0.29) is 0 Å². The first-order valence-electron chi connectivity index (χ1n) is 7.59. The first kappa shape index (κ1) is 15.6. The highest BCUT2D eigenvalue weighted by Gasteiger charge is 2.37. The third-order valence-corrected chi connectivity index (χ3v) is 4.02. The van der Waals surface area contributed by atoms with E-state index in [2.05, 4.69) is 14.9 Å². The molecule has 1 aromatic heterocycles. The number of primary amides is 1. The van der Waals surface area contributed by atoms with Gasteiger partial charge in [-0.15, -0.1) is 0 Å². The van der Waals surface area contributed by atoms with E-state index < -0.39 is 11.5 Å². The normalized spacial score (nSPS) is 22.0. The molecule has 1 aliphatic rings. The molecular formula is C17H20N4O2. The number of amides is 1. The lowest BCUT2D eigenvalue weighted by Gasteiger charge is -2.38. The van der Waals surface area contributed by atoms with Gasteiger partial charge in [0.1, 0.15) is 0 Å². The van der Waals surface area contributed by atoms with Crippen LogP contribution >= 0.6 is 0 Å². The number of carbonyl (C=O) groups is 1. The summed E-state index contributed by atoms with van der Waals surface area (Å²) in [5.74, 6) is 0.274. The van der Waals surface area contributed by atoms with Crippen LogP contribution in [0.4, 0.5) is 0 Å². The maximum atomic E-state index is 11.5. The number of morpholine rings is 1. The SMILES string of the molecule is CC1(C(N)=O)CN(Cc2cnc(-c3ccccc3)nc2)CCO1. The average Bonchev–Trinajstić information content (AvgIpc) is 2.56. The highest BCUT2D eigenvalue weighted by atomic mass is 16.5. The fourth-order valence-electron chi connectivity index (χ4n) is 2.67. The van der Waals surface area contributed by atoms with E-state index in [0.717, 1.165) is 17.7 Å². The van der Waals surface area contributed by atoms with Crippen molar-refractivity contribution < 1.29 is 9.53 Å². The summed E-state index contributed by atoms with van der Waals surface area (Å²) >= 11 is 0. The van der Waals surface area contributed by atoms with Gasteiger partial charge in [0.2, 0.25) is 0 Å². The Morgan fingerprint density at radius 3 is 2.65 bits per heavy atom. The van der Waals surface area contributed by atoms with Crippen molar-refractivity contribution in [3.63, 3.8) is 0 Å². The highest BCUT2D eigenvalue weighted by molar-refractivity contribution is 5.83. The van der Waals surface area contributed by atoms with Gasteiger partial charge in [0.15, 0.2) is 11.4 Å². The molecule has 1 aliphatic heterocycles. The lowest BCUT2D eigenvalue weighted by molar-refractivity contribution is -0.153. The van der Waals surface area contributed by atoms with Crippen LogP contribution in [0.1, 0.15) is 12.5 Å². The molecule has 0 radical (unpaired) electrons. The lowest BCUT2D eigenvalue weighted by Crippen LogP contribution is -2.56. The summed E-state index contributed by atoms with van der Waals surface area (Å²) in [6.07, 6.45) is 3.65. The van der Waals surface area contributed by atoms with Gasteiger partial charge in [-0.25, -0.2) is 9.97 Å². The molecule has 0 aliphatic carbocycles. The van der Waals surface area contributed by atoms with Crippen molar-refractivity contribution >= 4 is 5.91 Å². The second-order valence-corrected chi connectivity index (χ2v) is 5.94. The van der Waals surface area contributed by atoms with Crippen LogP contribution in [0.25, 0.3) is 11.4 Å². The fourth-order valence-corrected chi connectivity index (χ4v) is 2.67. The van der Waals surface area contributed by atoms with E-state index >= 15 is 0 Å². The van der Waals surface area contributed by atoms with Crippen LogP contribution in [0.15, 0.2) is 42.7 Å². The number of hydrogen-bond acceptors (Lipinski definition) is 5. The van der Waals surface area contributed by atoms with Gasteiger partial charge < -0.3 is 10.5 Å². The second kappa shape index (κ2) is 6.44. The quantitative estimate of drug-likeness (QED) is 0.918. The van der Waals surface area contributed by atoms with Crippen LogP contribution in [0.5, 0.6) is 0 Å². The summed E-state index contributed by atoms with van der Waals surface area (Å²) in [4.78, 5) is 22.5. The average molecular weight is 312 g/mol. The van der Waals surface area contributed by atoms with Crippen molar-refractivity contribution in [1.29, 1.82) is 0 Å². The first-order valence-corrected chi connectivity index (χ1v) is 7.59. The van der Waals surface area contributed by atoms with E-state index in [0.29, 0.717) is 25.5 Å². The Hall–Kier alpha value is -2.31. The van der Waals surface area contributed by atoms with E-state index in [1.165, 1.54) is 0 Å². The lowest BCUT2D eigenvalue weighted by atomic mass is 10.0. The number of nitrogens with zero attached hydrogens (tertiary/aromatic N) is 3. The van der Waals surface area contributed by atoms with Crippen LogP contribution in [-0.2, 0) is 16.1 Å². The van der Waals surface area contributed by atoms with Gasteiger partial charge in [-0.3, -0.25) is 9.69 Å². The largest absolute Gasteiger partial charge is 0.367 e. The molecule has 1 amide bonds. The van der Waals surface area contributed by atoms with Gasteiger partial charge in [-0.1, -0.05) is 30.3 Å². The van der Waals surface area contributed by atoms with Gasteiger partial charge in [0, 0.05) is 43.2 Å². The second-order valence-electron chi connectivity index (χ2n) is 5.94. The zero-order chi connectivity index (χ0) is 16.3. The molecule has 1 fully saturated rings. The Balaban J connectivity index is 1.68. The zero-order valence-corrected chi connectivity index (χ0v) is 13.1. The molecule has 1 saturated heterocycles. The Labute approximate surface area is 135 Å². The summed E-state index contributed by atoms with van der Waals surface area (Å²) in [6.45, 7) is 4.12. The van der Waals surface area contributed by atoms with Gasteiger partial charge in [-0.2, -0.15) is 0 Å². The third kappa shape index (κ3) is 3.55. The molecule has 23 heavy (non-hydrogen) atoms. The van der Waals surface area contributed by atoms with Crippen molar-refractivity contribution in [3.05, 3.63) is 48.3 Å². The summed E-state index contributed by atoms with van der Waals surface area (Å²) in [6, 6.07) is 9.85. The molecule has 0 spiro atoms. The number of carbonyl (C=O) groups excluding carboxylic acids is 1. The Morgan fingerprint density at radius 1 is 1.30 bits per heavy atom. The predicted molar refractivity (Wildman–Crippen MR) is 86.3 cm³/mol. The summed E-state index contributed by atoms with van der Waals surface area (Å²) < 4.78 is 5.52. The van der Waals surface area contributed by atoms with E-state index in [1.54, 1.807) is 6.92 Å². The fraction of sp³-hybridized carbons (Fsp3) is 0.353. The number of hydrogen-bond donors (Lipinski definition) is 1. The molecule has 6 nitrogen and oxygen atoms in total. The van der Waals surface area contributed by atoms with Gasteiger partial charge >= 0.3 is 0 Å². The van der Waals surface area contributed by atoms with Crippen LogP contribution in [0.3, 0.4) is 0 Å². The maximum absolute atomic E-state index is 11.5. The van der Waals surface area contributed by atoms with Crippen molar-refractivity contribution in [2.75, 3.05) is 19.7 Å². The van der Waals surface area contributed by atoms with Crippen LogP contribution in [0.2, 0.25) is 0 Å². The molecule has 1 aromatic carbocycles. The van der Waals surface area contributed by atoms with E-state index in [4.69, 9.17) is 10.5 Å². The molecule has 2 N–H and O–H groups in total. The summed E-state index contributed by atoms with van der Waals surface area (Å²) in [5.41, 5.74) is 6.49. The number of benzene rings is 1. The summed E-state index contributed by atoms with van der Waals surface area (Å²) in [5, 5.41) is 0. The molecule has 3 rings (SSSR count). The van der Waals surface area contributed by atoms with Gasteiger partial charge in [-0.05, 0) is 6.92 Å². The topological polar surface area (TPSA) is 81.3 Å². The molecule has 0 saturated carbocycles. The predicted octanol–water partition coefficient (Wildman–Crippen LogP) is 1.22. The Morgan fingerprint density at radius 2 is 2.00 bits per heavy atom. The molecule has 2 aromatic rings. The van der Waals surface area contributed by atoms with E-state index in [1.807, 2.05) is 42.7 Å². The first-order chi connectivity index (χ1) is 11.1. The Kier molecular flexibility index (Phi) is 4.36. The molecule has 1 unspecified atom stereocenters.